The van der Waals surface area contributed by atoms with Crippen LogP contribution in [0.2, 0.25) is 0 Å². The van der Waals surface area contributed by atoms with Gasteiger partial charge in [0.15, 0.2) is 5.82 Å². The van der Waals surface area contributed by atoms with E-state index in [1.807, 2.05) is 6.92 Å². The highest BCUT2D eigenvalue weighted by Crippen LogP contribution is 2.17. The molecular weight excluding hydrogens is 206 g/mol. The molecule has 3 N–H and O–H groups in total. The van der Waals surface area contributed by atoms with Gasteiger partial charge >= 0.3 is 0 Å². The number of anilines is 1. The van der Waals surface area contributed by atoms with E-state index >= 15 is 0 Å². The number of hydrogen-bond donors (Lipinski definition) is 2. The summed E-state index contributed by atoms with van der Waals surface area (Å²) in [6.07, 6.45) is 2.13. The van der Waals surface area contributed by atoms with E-state index in [0.29, 0.717) is 0 Å². The van der Waals surface area contributed by atoms with Gasteiger partial charge in [-0.05, 0) is 19.8 Å². The summed E-state index contributed by atoms with van der Waals surface area (Å²) >= 11 is 0. The van der Waals surface area contributed by atoms with E-state index in [9.17, 15) is 0 Å². The third-order valence-electron chi connectivity index (χ3n) is 2.97. The molecule has 0 aromatic carbocycles. The molecule has 0 radical (unpaired) electrons. The van der Waals surface area contributed by atoms with E-state index in [-0.39, 0.29) is 12.1 Å². The summed E-state index contributed by atoms with van der Waals surface area (Å²) in [5.74, 6) is 1.49. The second-order valence-corrected chi connectivity index (χ2v) is 4.25. The van der Waals surface area contributed by atoms with Crippen molar-refractivity contribution in [3.05, 3.63) is 5.82 Å². The number of rotatable bonds is 3. The number of piperidine rings is 1. The normalized spacial score (nSPS) is 23.4. The highest BCUT2D eigenvalue weighted by molar-refractivity contribution is 5.30. The molecule has 2 heterocycles. The Kier molecular flexibility index (Phi) is 3.40. The molecule has 2 atom stereocenters. The summed E-state index contributed by atoms with van der Waals surface area (Å²) in [6, 6.07) is 0.232. The Morgan fingerprint density at radius 1 is 1.62 bits per heavy atom. The van der Waals surface area contributed by atoms with Crippen LogP contribution >= 0.6 is 0 Å². The first-order valence-electron chi connectivity index (χ1n) is 5.66. The number of ether oxygens (including phenoxy) is 1. The molecule has 6 heteroatoms. The number of methoxy groups -OCH3 is 1. The fourth-order valence-electron chi connectivity index (χ4n) is 1.89. The molecule has 0 saturated carbocycles. The van der Waals surface area contributed by atoms with Crippen molar-refractivity contribution in [1.82, 2.24) is 15.2 Å². The van der Waals surface area contributed by atoms with E-state index in [2.05, 4.69) is 20.1 Å². The van der Waals surface area contributed by atoms with Gasteiger partial charge in [-0.2, -0.15) is 4.98 Å². The van der Waals surface area contributed by atoms with Crippen LogP contribution in [-0.2, 0) is 4.74 Å². The Morgan fingerprint density at radius 3 is 3.12 bits per heavy atom. The fourth-order valence-corrected chi connectivity index (χ4v) is 1.89. The first kappa shape index (κ1) is 11.3. The molecule has 2 unspecified atom stereocenters. The summed E-state index contributed by atoms with van der Waals surface area (Å²) in [5, 5.41) is 7.10. The predicted molar refractivity (Wildman–Crippen MR) is 61.2 cm³/mol. The number of H-pyrrole nitrogens is 1. The quantitative estimate of drug-likeness (QED) is 0.780. The van der Waals surface area contributed by atoms with Crippen molar-refractivity contribution in [3.8, 4) is 0 Å². The summed E-state index contributed by atoms with van der Waals surface area (Å²) in [6.45, 7) is 3.75. The molecule has 0 spiro atoms. The number of nitrogens with one attached hydrogen (secondary N) is 1. The molecule has 0 amide bonds. The van der Waals surface area contributed by atoms with Gasteiger partial charge in [-0.15, -0.1) is 5.10 Å². The highest BCUT2D eigenvalue weighted by atomic mass is 16.5. The molecule has 1 aromatic rings. The van der Waals surface area contributed by atoms with Crippen molar-refractivity contribution in [2.24, 2.45) is 5.73 Å². The van der Waals surface area contributed by atoms with Crippen LogP contribution in [-0.4, -0.2) is 41.4 Å². The van der Waals surface area contributed by atoms with Gasteiger partial charge in [0, 0.05) is 26.2 Å². The minimum atomic E-state index is -0.0558. The van der Waals surface area contributed by atoms with Crippen LogP contribution in [0, 0.1) is 0 Å². The maximum Gasteiger partial charge on any atom is 0.244 e. The van der Waals surface area contributed by atoms with Crippen LogP contribution in [0.1, 0.15) is 31.7 Å². The van der Waals surface area contributed by atoms with Gasteiger partial charge < -0.3 is 15.4 Å². The van der Waals surface area contributed by atoms with Crippen LogP contribution in [0.4, 0.5) is 5.95 Å². The van der Waals surface area contributed by atoms with Crippen molar-refractivity contribution in [1.29, 1.82) is 0 Å². The lowest BCUT2D eigenvalue weighted by Crippen LogP contribution is -2.43. The molecule has 1 aromatic heterocycles. The topological polar surface area (TPSA) is 80.1 Å². The lowest BCUT2D eigenvalue weighted by Gasteiger charge is -2.29. The first-order valence-corrected chi connectivity index (χ1v) is 5.66. The molecule has 0 bridgehead atoms. The SMILES string of the molecule is COC(C)c1nc(N2CCCC(N)C2)n[nH]1. The van der Waals surface area contributed by atoms with Gasteiger partial charge in [0.05, 0.1) is 0 Å². The monoisotopic (exact) mass is 225 g/mol. The van der Waals surface area contributed by atoms with E-state index in [1.54, 1.807) is 7.11 Å². The number of aromatic nitrogens is 3. The smallest absolute Gasteiger partial charge is 0.244 e. The molecule has 0 aliphatic carbocycles. The summed E-state index contributed by atoms with van der Waals surface area (Å²) in [4.78, 5) is 6.54. The molecule has 2 rings (SSSR count). The largest absolute Gasteiger partial charge is 0.374 e. The number of aromatic amines is 1. The lowest BCUT2D eigenvalue weighted by atomic mass is 10.1. The van der Waals surface area contributed by atoms with Crippen LogP contribution < -0.4 is 10.6 Å². The average Bonchev–Trinajstić information content (AvgIpc) is 2.77. The number of nitrogens with two attached hydrogens (primary N) is 1. The third-order valence-corrected chi connectivity index (χ3v) is 2.97. The number of nitrogens with zero attached hydrogens (tertiary/aromatic N) is 3. The molecule has 1 aliphatic rings. The summed E-state index contributed by atoms with van der Waals surface area (Å²) < 4.78 is 5.18. The van der Waals surface area contributed by atoms with Crippen LogP contribution in [0.25, 0.3) is 0 Å². The van der Waals surface area contributed by atoms with Gasteiger partial charge in [-0.25, -0.2) is 0 Å². The van der Waals surface area contributed by atoms with E-state index in [1.165, 1.54) is 0 Å². The summed E-state index contributed by atoms with van der Waals surface area (Å²) in [5.41, 5.74) is 5.92. The zero-order chi connectivity index (χ0) is 11.5. The predicted octanol–water partition coefficient (Wildman–Crippen LogP) is 0.440. The van der Waals surface area contributed by atoms with Gasteiger partial charge in [-0.1, -0.05) is 0 Å². The zero-order valence-corrected chi connectivity index (χ0v) is 9.81. The maximum absolute atomic E-state index is 5.92. The Hall–Kier alpha value is -1.14. The highest BCUT2D eigenvalue weighted by Gasteiger charge is 2.21. The van der Waals surface area contributed by atoms with Crippen LogP contribution in [0.5, 0.6) is 0 Å². The lowest BCUT2D eigenvalue weighted by molar-refractivity contribution is 0.112. The van der Waals surface area contributed by atoms with Crippen molar-refractivity contribution in [3.63, 3.8) is 0 Å². The Morgan fingerprint density at radius 2 is 2.44 bits per heavy atom. The number of hydrogen-bond acceptors (Lipinski definition) is 5. The van der Waals surface area contributed by atoms with Crippen LogP contribution in [0.15, 0.2) is 0 Å². The Balaban J connectivity index is 2.06. The van der Waals surface area contributed by atoms with Crippen molar-refractivity contribution < 1.29 is 4.74 Å². The average molecular weight is 225 g/mol. The zero-order valence-electron chi connectivity index (χ0n) is 9.81. The third kappa shape index (κ3) is 2.33. The van der Waals surface area contributed by atoms with E-state index in [4.69, 9.17) is 10.5 Å². The molecule has 6 nitrogen and oxygen atoms in total. The summed E-state index contributed by atoms with van der Waals surface area (Å²) in [7, 11) is 1.66. The molecule has 1 fully saturated rings. The molecular formula is C10H19N5O. The second kappa shape index (κ2) is 4.80. The van der Waals surface area contributed by atoms with Gasteiger partial charge in [0.25, 0.3) is 0 Å². The van der Waals surface area contributed by atoms with Gasteiger partial charge in [0.2, 0.25) is 5.95 Å². The fraction of sp³-hybridized carbons (Fsp3) is 0.800. The Bertz CT molecular complexity index is 340. The van der Waals surface area contributed by atoms with Crippen molar-refractivity contribution >= 4 is 5.95 Å². The second-order valence-electron chi connectivity index (χ2n) is 4.25. The Labute approximate surface area is 95.2 Å². The standard InChI is InChI=1S/C10H19N5O/c1-7(16-2)9-12-10(14-13-9)15-5-3-4-8(11)6-15/h7-8H,3-6,11H2,1-2H3,(H,12,13,14). The maximum atomic E-state index is 5.92. The molecule has 1 saturated heterocycles. The molecule has 90 valence electrons. The van der Waals surface area contributed by atoms with Crippen molar-refractivity contribution in [2.75, 3.05) is 25.1 Å². The minimum absolute atomic E-state index is 0.0558. The van der Waals surface area contributed by atoms with E-state index < -0.39 is 0 Å². The van der Waals surface area contributed by atoms with Crippen LogP contribution in [0.3, 0.4) is 0 Å². The van der Waals surface area contributed by atoms with Gasteiger partial charge in [-0.3, -0.25) is 5.10 Å². The van der Waals surface area contributed by atoms with Crippen molar-refractivity contribution in [2.45, 2.75) is 31.9 Å². The molecule has 16 heavy (non-hydrogen) atoms. The van der Waals surface area contributed by atoms with E-state index in [0.717, 1.165) is 37.7 Å². The molecule has 1 aliphatic heterocycles. The minimum Gasteiger partial charge on any atom is -0.374 e. The first-order chi connectivity index (χ1) is 7.70. The van der Waals surface area contributed by atoms with Gasteiger partial charge in [0.1, 0.15) is 6.10 Å².